The molecule has 0 spiro atoms. The van der Waals surface area contributed by atoms with Crippen molar-refractivity contribution in [2.45, 2.75) is 44.7 Å². The number of benzene rings is 1. The van der Waals surface area contributed by atoms with Crippen LogP contribution in [-0.4, -0.2) is 23.2 Å². The van der Waals surface area contributed by atoms with Gasteiger partial charge in [0.1, 0.15) is 5.75 Å². The maximum Gasteiger partial charge on any atom is 0.419 e. The zero-order valence-electron chi connectivity index (χ0n) is 11.4. The van der Waals surface area contributed by atoms with E-state index >= 15 is 0 Å². The first-order valence-corrected chi connectivity index (χ1v) is 6.59. The smallest absolute Gasteiger partial charge is 0.419 e. The largest absolute Gasteiger partial charge is 0.480 e. The molecule has 7 heteroatoms. The highest BCUT2D eigenvalue weighted by Gasteiger charge is 2.35. The monoisotopic (exact) mass is 303 g/mol. The summed E-state index contributed by atoms with van der Waals surface area (Å²) in [7, 11) is 0. The lowest BCUT2D eigenvalue weighted by molar-refractivity contribution is -0.140. The van der Waals surface area contributed by atoms with Crippen molar-refractivity contribution in [3.05, 3.63) is 29.3 Å². The van der Waals surface area contributed by atoms with E-state index in [-0.39, 0.29) is 11.6 Å². The summed E-state index contributed by atoms with van der Waals surface area (Å²) in [5, 5.41) is 11.6. The Bertz CT molecular complexity index is 527. The van der Waals surface area contributed by atoms with Gasteiger partial charge in [0, 0.05) is 6.04 Å². The van der Waals surface area contributed by atoms with E-state index in [9.17, 15) is 18.0 Å². The number of ether oxygens (including phenoxy) is 1. The molecule has 4 nitrogen and oxygen atoms in total. The molecule has 2 N–H and O–H groups in total. The first-order valence-electron chi connectivity index (χ1n) is 6.59. The van der Waals surface area contributed by atoms with Gasteiger partial charge in [0.25, 0.3) is 5.91 Å². The molecule has 1 aliphatic carbocycles. The molecule has 0 heterocycles. The van der Waals surface area contributed by atoms with E-state index < -0.39 is 36.1 Å². The molecule has 1 amide bonds. The molecule has 0 bridgehead atoms. The zero-order valence-corrected chi connectivity index (χ0v) is 11.4. The van der Waals surface area contributed by atoms with Gasteiger partial charge in [-0.15, -0.1) is 0 Å². The van der Waals surface area contributed by atoms with Gasteiger partial charge in [-0.3, -0.25) is 4.79 Å². The number of halogens is 3. The van der Waals surface area contributed by atoms with Gasteiger partial charge < -0.3 is 15.2 Å². The van der Waals surface area contributed by atoms with Crippen LogP contribution >= 0.6 is 0 Å². The number of amides is 1. The molecule has 1 aliphatic rings. The zero-order chi connectivity index (χ0) is 15.6. The molecule has 1 aromatic rings. The van der Waals surface area contributed by atoms with Gasteiger partial charge in [-0.2, -0.15) is 13.2 Å². The molecule has 0 aliphatic heterocycles. The van der Waals surface area contributed by atoms with Gasteiger partial charge >= 0.3 is 6.18 Å². The number of carbonyl (C=O) groups excluding carboxylic acids is 1. The van der Waals surface area contributed by atoms with Gasteiger partial charge in [-0.1, -0.05) is 6.07 Å². The van der Waals surface area contributed by atoms with Crippen LogP contribution in [0.15, 0.2) is 18.2 Å². The average molecular weight is 303 g/mol. The Morgan fingerprint density at radius 1 is 1.48 bits per heavy atom. The highest BCUT2D eigenvalue weighted by atomic mass is 19.4. The van der Waals surface area contributed by atoms with E-state index in [2.05, 4.69) is 5.32 Å². The lowest BCUT2D eigenvalue weighted by Crippen LogP contribution is -2.37. The van der Waals surface area contributed by atoms with Crippen molar-refractivity contribution in [2.75, 3.05) is 0 Å². The summed E-state index contributed by atoms with van der Waals surface area (Å²) in [6.07, 6.45) is -3.87. The summed E-state index contributed by atoms with van der Waals surface area (Å²) in [4.78, 5) is 11.7. The first kappa shape index (κ1) is 15.6. The summed E-state index contributed by atoms with van der Waals surface area (Å²) in [5.41, 5.74) is -0.870. The standard InChI is InChI=1S/C14H16F3NO3/c1-8(13(20)18-10-3-4-10)21-12-5-2-9(7-19)6-11(12)14(15,16)17/h2,5-6,8,10,19H,3-4,7H2,1H3,(H,18,20). The molecular formula is C14H16F3NO3. The molecule has 0 saturated heterocycles. The molecule has 1 aromatic carbocycles. The maximum absolute atomic E-state index is 13.0. The fourth-order valence-electron chi connectivity index (χ4n) is 1.79. The summed E-state index contributed by atoms with van der Waals surface area (Å²) >= 11 is 0. The number of hydrogen-bond donors (Lipinski definition) is 2. The van der Waals surface area contributed by atoms with Gasteiger partial charge in [-0.25, -0.2) is 0 Å². The van der Waals surface area contributed by atoms with Crippen molar-refractivity contribution in [1.82, 2.24) is 5.32 Å². The molecule has 116 valence electrons. The highest BCUT2D eigenvalue weighted by molar-refractivity contribution is 5.81. The second kappa shape index (κ2) is 5.93. The lowest BCUT2D eigenvalue weighted by atomic mass is 10.1. The minimum absolute atomic E-state index is 0.113. The van der Waals surface area contributed by atoms with Crippen LogP contribution in [0.3, 0.4) is 0 Å². The van der Waals surface area contributed by atoms with Crippen molar-refractivity contribution in [3.63, 3.8) is 0 Å². The summed E-state index contributed by atoms with van der Waals surface area (Å²) in [6.45, 7) is 0.902. The van der Waals surface area contributed by atoms with Gasteiger partial charge in [0.2, 0.25) is 0 Å². The third kappa shape index (κ3) is 4.10. The molecule has 1 fully saturated rings. The SMILES string of the molecule is CC(Oc1ccc(CO)cc1C(F)(F)F)C(=O)NC1CC1. The molecular weight excluding hydrogens is 287 g/mol. The van der Waals surface area contributed by atoms with Crippen molar-refractivity contribution < 1.29 is 27.8 Å². The van der Waals surface area contributed by atoms with Crippen LogP contribution < -0.4 is 10.1 Å². The van der Waals surface area contributed by atoms with Crippen LogP contribution in [0.4, 0.5) is 13.2 Å². The average Bonchev–Trinajstić information content (AvgIpc) is 3.21. The number of hydrogen-bond acceptors (Lipinski definition) is 3. The van der Waals surface area contributed by atoms with Crippen LogP contribution in [0.1, 0.15) is 30.9 Å². The van der Waals surface area contributed by atoms with Crippen LogP contribution in [0, 0.1) is 0 Å². The Morgan fingerprint density at radius 2 is 2.14 bits per heavy atom. The molecule has 21 heavy (non-hydrogen) atoms. The van der Waals surface area contributed by atoms with Gasteiger partial charge in [0.15, 0.2) is 6.10 Å². The van der Waals surface area contributed by atoms with Crippen LogP contribution in [-0.2, 0) is 17.6 Å². The molecule has 1 saturated carbocycles. The third-order valence-electron chi connectivity index (χ3n) is 3.13. The minimum Gasteiger partial charge on any atom is -0.480 e. The number of aliphatic hydroxyl groups is 1. The fraction of sp³-hybridized carbons (Fsp3) is 0.500. The van der Waals surface area contributed by atoms with Crippen molar-refractivity contribution in [1.29, 1.82) is 0 Å². The van der Waals surface area contributed by atoms with Gasteiger partial charge in [-0.05, 0) is 37.5 Å². The summed E-state index contributed by atoms with van der Waals surface area (Å²) < 4.78 is 44.1. The topological polar surface area (TPSA) is 58.6 Å². The Morgan fingerprint density at radius 3 is 2.67 bits per heavy atom. The minimum atomic E-state index is -4.62. The molecule has 1 atom stereocenters. The number of alkyl halides is 3. The number of carbonyl (C=O) groups is 1. The number of nitrogens with one attached hydrogen (secondary N) is 1. The van der Waals surface area contributed by atoms with Crippen LogP contribution in [0.25, 0.3) is 0 Å². The van der Waals surface area contributed by atoms with E-state index in [1.165, 1.54) is 13.0 Å². The van der Waals surface area contributed by atoms with Crippen LogP contribution in [0.2, 0.25) is 0 Å². The van der Waals surface area contributed by atoms with E-state index in [0.29, 0.717) is 0 Å². The third-order valence-corrected chi connectivity index (χ3v) is 3.13. The van der Waals surface area contributed by atoms with Crippen molar-refractivity contribution in [3.8, 4) is 5.75 Å². The van der Waals surface area contributed by atoms with Gasteiger partial charge in [0.05, 0.1) is 12.2 Å². The van der Waals surface area contributed by atoms with E-state index in [1.807, 2.05) is 0 Å². The highest BCUT2D eigenvalue weighted by Crippen LogP contribution is 2.37. The number of aliphatic hydroxyl groups excluding tert-OH is 1. The summed E-state index contributed by atoms with van der Waals surface area (Å²) in [5.74, 6) is -0.852. The quantitative estimate of drug-likeness (QED) is 0.877. The Kier molecular flexibility index (Phi) is 4.41. The predicted octanol–water partition coefficient (Wildman–Crippen LogP) is 2.24. The number of rotatable bonds is 5. The summed E-state index contributed by atoms with van der Waals surface area (Å²) in [6, 6.07) is 3.38. The normalized spacial score (nSPS) is 16.4. The molecule has 0 aromatic heterocycles. The Labute approximate surface area is 119 Å². The molecule has 2 rings (SSSR count). The first-order chi connectivity index (χ1) is 9.81. The second-order valence-corrected chi connectivity index (χ2v) is 5.03. The Balaban J connectivity index is 2.15. The molecule has 1 unspecified atom stereocenters. The molecule has 0 radical (unpaired) electrons. The Hall–Kier alpha value is -1.76. The van der Waals surface area contributed by atoms with Crippen LogP contribution in [0.5, 0.6) is 5.75 Å². The van der Waals surface area contributed by atoms with E-state index in [1.54, 1.807) is 0 Å². The van der Waals surface area contributed by atoms with Crippen molar-refractivity contribution >= 4 is 5.91 Å². The van der Waals surface area contributed by atoms with Crippen molar-refractivity contribution in [2.24, 2.45) is 0 Å². The fourth-order valence-corrected chi connectivity index (χ4v) is 1.79. The predicted molar refractivity (Wildman–Crippen MR) is 68.6 cm³/mol. The lowest BCUT2D eigenvalue weighted by Gasteiger charge is -2.19. The second-order valence-electron chi connectivity index (χ2n) is 5.03. The maximum atomic E-state index is 13.0. The van der Waals surface area contributed by atoms with E-state index in [4.69, 9.17) is 9.84 Å². The van der Waals surface area contributed by atoms with E-state index in [0.717, 1.165) is 25.0 Å².